The number of ether oxygens (including phenoxy) is 1. The van der Waals surface area contributed by atoms with Gasteiger partial charge < -0.3 is 10.1 Å². The average molecular weight is 589 g/mol. The fourth-order valence-electron chi connectivity index (χ4n) is 3.11. The highest BCUT2D eigenvalue weighted by atomic mass is 79.9. The van der Waals surface area contributed by atoms with Gasteiger partial charge in [-0.15, -0.1) is 10.2 Å². The molecule has 2 aromatic heterocycles. The van der Waals surface area contributed by atoms with Gasteiger partial charge >= 0.3 is 0 Å². The van der Waals surface area contributed by atoms with Crippen LogP contribution >= 0.6 is 43.6 Å². The van der Waals surface area contributed by atoms with Gasteiger partial charge in [-0.05, 0) is 92.9 Å². The number of hydrogen-bond donors (Lipinski definition) is 1. The monoisotopic (exact) mass is 587 g/mol. The fourth-order valence-corrected chi connectivity index (χ4v) is 5.48. The fraction of sp³-hybridized carbons (Fsp3) is 0.130. The van der Waals surface area contributed by atoms with E-state index in [1.807, 2.05) is 66.1 Å². The molecule has 4 aromatic rings. The van der Waals surface area contributed by atoms with Gasteiger partial charge in [0.2, 0.25) is 5.91 Å². The Hall–Kier alpha value is -2.69. The van der Waals surface area contributed by atoms with Gasteiger partial charge in [-0.25, -0.2) is 0 Å². The highest BCUT2D eigenvalue weighted by Crippen LogP contribution is 2.33. The van der Waals surface area contributed by atoms with E-state index < -0.39 is 0 Å². The van der Waals surface area contributed by atoms with E-state index in [0.717, 1.165) is 25.9 Å². The molecule has 0 atom stereocenters. The van der Waals surface area contributed by atoms with E-state index in [1.54, 1.807) is 13.3 Å². The van der Waals surface area contributed by atoms with Crippen molar-refractivity contribution in [1.82, 2.24) is 19.7 Å². The van der Waals surface area contributed by atoms with E-state index in [4.69, 9.17) is 4.74 Å². The number of thioether (sulfide) groups is 1. The van der Waals surface area contributed by atoms with Crippen LogP contribution in [0.15, 0.2) is 74.9 Å². The predicted octanol–water partition coefficient (Wildman–Crippen LogP) is 5.90. The lowest BCUT2D eigenvalue weighted by Gasteiger charge is -2.12. The molecule has 168 valence electrons. The Labute approximate surface area is 212 Å². The number of methoxy groups -OCH3 is 1. The van der Waals surface area contributed by atoms with Gasteiger partial charge in [0.15, 0.2) is 11.0 Å². The molecule has 4 rings (SSSR count). The standard InChI is InChI=1S/C23H19Br2N5O2S/c1-14-11-17(24)21(18(25)12-14)27-20(31)13-33-23-29-28-22(19-5-3-4-10-26-19)30(23)15-6-8-16(32-2)9-7-15/h3-12H,13H2,1-2H3,(H,27,31). The zero-order valence-corrected chi connectivity index (χ0v) is 21.7. The molecule has 1 amide bonds. The van der Waals surface area contributed by atoms with Crippen LogP contribution in [0, 0.1) is 6.92 Å². The molecule has 0 bridgehead atoms. The molecule has 0 aliphatic heterocycles. The van der Waals surface area contributed by atoms with Crippen LogP contribution in [0.5, 0.6) is 5.75 Å². The summed E-state index contributed by atoms with van der Waals surface area (Å²) < 4.78 is 8.78. The number of nitrogens with zero attached hydrogens (tertiary/aromatic N) is 4. The number of aryl methyl sites for hydroxylation is 1. The van der Waals surface area contributed by atoms with Crippen molar-refractivity contribution in [3.63, 3.8) is 0 Å². The van der Waals surface area contributed by atoms with Gasteiger partial charge in [0.25, 0.3) is 0 Å². The summed E-state index contributed by atoms with van der Waals surface area (Å²) in [5.41, 5.74) is 3.30. The Bertz CT molecular complexity index is 1260. The van der Waals surface area contributed by atoms with E-state index in [1.165, 1.54) is 11.8 Å². The molecule has 33 heavy (non-hydrogen) atoms. The maximum Gasteiger partial charge on any atom is 0.234 e. The van der Waals surface area contributed by atoms with E-state index >= 15 is 0 Å². The minimum Gasteiger partial charge on any atom is -0.497 e. The van der Waals surface area contributed by atoms with Crippen molar-refractivity contribution in [2.45, 2.75) is 12.1 Å². The van der Waals surface area contributed by atoms with E-state index in [2.05, 4.69) is 52.4 Å². The van der Waals surface area contributed by atoms with Gasteiger partial charge in [0, 0.05) is 15.1 Å². The average Bonchev–Trinajstić information content (AvgIpc) is 3.24. The molecular weight excluding hydrogens is 570 g/mol. The quantitative estimate of drug-likeness (QED) is 0.271. The molecule has 0 unspecified atom stereocenters. The summed E-state index contributed by atoms with van der Waals surface area (Å²) in [7, 11) is 1.62. The van der Waals surface area contributed by atoms with Crippen LogP contribution < -0.4 is 10.1 Å². The molecule has 1 N–H and O–H groups in total. The number of hydrogen-bond acceptors (Lipinski definition) is 6. The third-order valence-corrected chi connectivity index (χ3v) is 6.82. The number of amides is 1. The number of rotatable bonds is 7. The van der Waals surface area contributed by atoms with Crippen molar-refractivity contribution in [1.29, 1.82) is 0 Å². The second-order valence-corrected chi connectivity index (χ2v) is 9.65. The lowest BCUT2D eigenvalue weighted by Crippen LogP contribution is -2.15. The lowest BCUT2D eigenvalue weighted by molar-refractivity contribution is -0.113. The maximum absolute atomic E-state index is 12.7. The van der Waals surface area contributed by atoms with Crippen LogP contribution in [0.1, 0.15) is 5.56 Å². The lowest BCUT2D eigenvalue weighted by atomic mass is 10.2. The highest BCUT2D eigenvalue weighted by molar-refractivity contribution is 9.11. The number of aromatic nitrogens is 4. The number of carbonyl (C=O) groups is 1. The van der Waals surface area contributed by atoms with Crippen LogP contribution in [0.4, 0.5) is 5.69 Å². The summed E-state index contributed by atoms with van der Waals surface area (Å²) in [6.07, 6.45) is 1.71. The molecule has 0 saturated carbocycles. The molecule has 0 aliphatic rings. The van der Waals surface area contributed by atoms with Gasteiger partial charge in [-0.2, -0.15) is 0 Å². The summed E-state index contributed by atoms with van der Waals surface area (Å²) in [4.78, 5) is 17.1. The van der Waals surface area contributed by atoms with Crippen molar-refractivity contribution in [3.05, 3.63) is 75.3 Å². The largest absolute Gasteiger partial charge is 0.497 e. The van der Waals surface area contributed by atoms with Gasteiger partial charge in [-0.3, -0.25) is 14.3 Å². The molecule has 2 heterocycles. The summed E-state index contributed by atoms with van der Waals surface area (Å²) in [5, 5.41) is 12.2. The van der Waals surface area contributed by atoms with E-state index in [9.17, 15) is 4.79 Å². The zero-order chi connectivity index (χ0) is 23.4. The first kappa shape index (κ1) is 23.5. The van der Waals surface area contributed by atoms with Crippen LogP contribution in [-0.4, -0.2) is 38.5 Å². The molecule has 0 fully saturated rings. The second-order valence-electron chi connectivity index (χ2n) is 7.00. The molecule has 7 nitrogen and oxygen atoms in total. The Kier molecular flexibility index (Phi) is 7.46. The first-order chi connectivity index (χ1) is 16.0. The van der Waals surface area contributed by atoms with Gasteiger partial charge in [-0.1, -0.05) is 17.8 Å². The third-order valence-electron chi connectivity index (χ3n) is 4.64. The molecule has 0 spiro atoms. The topological polar surface area (TPSA) is 81.9 Å². The Balaban J connectivity index is 1.60. The van der Waals surface area contributed by atoms with Gasteiger partial charge in [0.05, 0.1) is 24.2 Å². The van der Waals surface area contributed by atoms with Crippen LogP contribution in [0.2, 0.25) is 0 Å². The zero-order valence-electron chi connectivity index (χ0n) is 17.8. The van der Waals surface area contributed by atoms with Crippen molar-refractivity contribution in [2.24, 2.45) is 0 Å². The third kappa shape index (κ3) is 5.45. The first-order valence-electron chi connectivity index (χ1n) is 9.86. The molecule has 2 aromatic carbocycles. The normalized spacial score (nSPS) is 10.8. The van der Waals surface area contributed by atoms with Crippen molar-refractivity contribution >= 4 is 55.2 Å². The van der Waals surface area contributed by atoms with Crippen LogP contribution in [0.25, 0.3) is 17.2 Å². The number of anilines is 1. The molecule has 10 heteroatoms. The number of nitrogens with one attached hydrogen (secondary N) is 1. The first-order valence-corrected chi connectivity index (χ1v) is 12.4. The number of pyridine rings is 1. The van der Waals surface area contributed by atoms with E-state index in [-0.39, 0.29) is 11.7 Å². The summed E-state index contributed by atoms with van der Waals surface area (Å²) in [6.45, 7) is 1.99. The summed E-state index contributed by atoms with van der Waals surface area (Å²) >= 11 is 8.32. The molecule has 0 saturated heterocycles. The van der Waals surface area contributed by atoms with Crippen molar-refractivity contribution in [3.8, 4) is 23.0 Å². The Morgan fingerprint density at radius 2 is 1.82 bits per heavy atom. The molecular formula is C23H19Br2N5O2S. The number of carbonyl (C=O) groups excluding carboxylic acids is 1. The Morgan fingerprint density at radius 1 is 1.09 bits per heavy atom. The van der Waals surface area contributed by atoms with Crippen molar-refractivity contribution < 1.29 is 9.53 Å². The highest BCUT2D eigenvalue weighted by Gasteiger charge is 2.19. The maximum atomic E-state index is 12.7. The SMILES string of the molecule is COc1ccc(-n2c(SCC(=O)Nc3c(Br)cc(C)cc3Br)nnc2-c2ccccn2)cc1. The van der Waals surface area contributed by atoms with Gasteiger partial charge in [0.1, 0.15) is 11.4 Å². The summed E-state index contributed by atoms with van der Waals surface area (Å²) in [6, 6.07) is 17.1. The number of benzene rings is 2. The van der Waals surface area contributed by atoms with E-state index in [0.29, 0.717) is 22.4 Å². The Morgan fingerprint density at radius 3 is 2.45 bits per heavy atom. The predicted molar refractivity (Wildman–Crippen MR) is 137 cm³/mol. The minimum atomic E-state index is -0.158. The van der Waals surface area contributed by atoms with Crippen LogP contribution in [0.3, 0.4) is 0 Å². The summed E-state index contributed by atoms with van der Waals surface area (Å²) in [5.74, 6) is 1.33. The van der Waals surface area contributed by atoms with Crippen molar-refractivity contribution in [2.75, 3.05) is 18.2 Å². The minimum absolute atomic E-state index is 0.156. The van der Waals surface area contributed by atoms with Crippen LogP contribution in [-0.2, 0) is 4.79 Å². The molecule has 0 radical (unpaired) electrons. The number of halogens is 2. The smallest absolute Gasteiger partial charge is 0.234 e. The second kappa shape index (κ2) is 10.5. The molecule has 0 aliphatic carbocycles.